The van der Waals surface area contributed by atoms with Crippen molar-refractivity contribution in [2.45, 2.75) is 25.7 Å². The first-order chi connectivity index (χ1) is 15.5. The number of rotatable bonds is 8. The van der Waals surface area contributed by atoms with E-state index in [0.717, 1.165) is 11.1 Å². The first-order valence-electron chi connectivity index (χ1n) is 9.70. The molecular formula is C22H20N4O6. The van der Waals surface area contributed by atoms with Gasteiger partial charge in [0.05, 0.1) is 12.8 Å². The minimum absolute atomic E-state index is 0.00355. The second-order valence-corrected chi connectivity index (χ2v) is 6.52. The lowest BCUT2D eigenvalue weighted by atomic mass is 10.2. The third kappa shape index (κ3) is 6.87. The maximum Gasteiger partial charge on any atom is 0.303 e. The summed E-state index contributed by atoms with van der Waals surface area (Å²) in [5.41, 5.74) is 1.66. The summed E-state index contributed by atoms with van der Waals surface area (Å²) in [5, 5.41) is 32.3. The fourth-order valence-electron chi connectivity index (χ4n) is 2.53. The summed E-state index contributed by atoms with van der Waals surface area (Å²) >= 11 is 0. The smallest absolute Gasteiger partial charge is 0.303 e. The van der Waals surface area contributed by atoms with Crippen LogP contribution in [0.4, 0.5) is 0 Å². The van der Waals surface area contributed by atoms with E-state index in [9.17, 15) is 9.59 Å². The van der Waals surface area contributed by atoms with Crippen LogP contribution in [0.15, 0.2) is 69.5 Å². The second-order valence-electron chi connectivity index (χ2n) is 6.52. The second kappa shape index (κ2) is 11.2. The van der Waals surface area contributed by atoms with Crippen LogP contribution in [0.2, 0.25) is 0 Å². The summed E-state index contributed by atoms with van der Waals surface area (Å²) in [7, 11) is 0. The molecule has 0 saturated heterocycles. The quantitative estimate of drug-likeness (QED) is 0.419. The maximum absolute atomic E-state index is 10.4. The van der Waals surface area contributed by atoms with Crippen molar-refractivity contribution in [2.24, 2.45) is 0 Å². The van der Waals surface area contributed by atoms with E-state index in [1.807, 2.05) is 60.7 Å². The molecule has 0 spiro atoms. The zero-order valence-electron chi connectivity index (χ0n) is 16.9. The van der Waals surface area contributed by atoms with Crippen LogP contribution >= 0.6 is 0 Å². The summed E-state index contributed by atoms with van der Waals surface area (Å²) < 4.78 is 10.7. The monoisotopic (exact) mass is 436 g/mol. The Bertz CT molecular complexity index is 1050. The molecule has 2 N–H and O–H groups in total. The molecule has 0 fully saturated rings. The first kappa shape index (κ1) is 22.3. The Morgan fingerprint density at radius 3 is 1.34 bits per heavy atom. The van der Waals surface area contributed by atoms with Crippen molar-refractivity contribution in [2.75, 3.05) is 0 Å². The van der Waals surface area contributed by atoms with Crippen LogP contribution in [0.1, 0.15) is 24.6 Å². The molecule has 0 amide bonds. The average molecular weight is 436 g/mol. The van der Waals surface area contributed by atoms with Gasteiger partial charge in [0, 0.05) is 24.0 Å². The lowest BCUT2D eigenvalue weighted by Crippen LogP contribution is -1.97. The molecule has 0 unspecified atom stereocenters. The van der Waals surface area contributed by atoms with Crippen LogP contribution in [0.3, 0.4) is 0 Å². The lowest BCUT2D eigenvalue weighted by molar-refractivity contribution is -0.138. The molecule has 164 valence electrons. The number of hydrogen-bond acceptors (Lipinski definition) is 8. The largest absolute Gasteiger partial charge is 0.481 e. The van der Waals surface area contributed by atoms with Crippen LogP contribution in [-0.4, -0.2) is 42.5 Å². The standard InChI is InChI=1S/2C11H10N2O3/c2*14-10(15)7-6-9-12-13-11(16-9)8-4-2-1-3-5-8/h2*1-5H,6-7H2,(H,14,15). The van der Waals surface area contributed by atoms with Crippen molar-refractivity contribution in [3.63, 3.8) is 0 Å². The molecule has 2 aromatic carbocycles. The Labute approximate surface area is 182 Å². The van der Waals surface area contributed by atoms with Gasteiger partial charge in [0.25, 0.3) is 0 Å². The number of aromatic nitrogens is 4. The van der Waals surface area contributed by atoms with Gasteiger partial charge in [-0.25, -0.2) is 0 Å². The van der Waals surface area contributed by atoms with Gasteiger partial charge >= 0.3 is 11.9 Å². The Kier molecular flexibility index (Phi) is 7.79. The molecule has 4 aromatic rings. The summed E-state index contributed by atoms with van der Waals surface area (Å²) in [6.07, 6.45) is 0.511. The number of carboxylic acids is 2. The topological polar surface area (TPSA) is 152 Å². The number of aliphatic carboxylic acids is 2. The SMILES string of the molecule is O=C(O)CCc1nnc(-c2ccccc2)o1.O=C(O)CCc1nnc(-c2ccccc2)o1. The Morgan fingerprint density at radius 2 is 1.00 bits per heavy atom. The highest BCUT2D eigenvalue weighted by Gasteiger charge is 2.10. The van der Waals surface area contributed by atoms with Crippen LogP contribution in [0.25, 0.3) is 22.9 Å². The molecule has 2 heterocycles. The third-order valence-corrected chi connectivity index (χ3v) is 4.08. The highest BCUT2D eigenvalue weighted by molar-refractivity contribution is 5.67. The Morgan fingerprint density at radius 1 is 0.625 bits per heavy atom. The minimum Gasteiger partial charge on any atom is -0.481 e. The molecule has 4 rings (SSSR count). The van der Waals surface area contributed by atoms with E-state index < -0.39 is 11.9 Å². The zero-order chi connectivity index (χ0) is 22.8. The van der Waals surface area contributed by atoms with Crippen LogP contribution in [0, 0.1) is 0 Å². The lowest BCUT2D eigenvalue weighted by Gasteiger charge is -1.92. The number of carbonyl (C=O) groups is 2. The number of benzene rings is 2. The number of aryl methyl sites for hydroxylation is 2. The molecule has 0 aliphatic heterocycles. The zero-order valence-corrected chi connectivity index (χ0v) is 16.9. The van der Waals surface area contributed by atoms with E-state index in [4.69, 9.17) is 19.0 Å². The molecular weight excluding hydrogens is 416 g/mol. The number of carboxylic acid groups (broad SMARTS) is 2. The summed E-state index contributed by atoms with van der Waals surface area (Å²) in [5.74, 6) is -0.219. The third-order valence-electron chi connectivity index (χ3n) is 4.08. The van der Waals surface area contributed by atoms with E-state index in [1.165, 1.54) is 0 Å². The molecule has 0 aliphatic rings. The average Bonchev–Trinajstić information content (AvgIpc) is 3.48. The Hall–Kier alpha value is -4.34. The van der Waals surface area contributed by atoms with Crippen molar-refractivity contribution in [1.82, 2.24) is 20.4 Å². The van der Waals surface area contributed by atoms with Crippen LogP contribution in [-0.2, 0) is 22.4 Å². The van der Waals surface area contributed by atoms with Gasteiger partial charge in [-0.3, -0.25) is 9.59 Å². The molecule has 2 aromatic heterocycles. The predicted octanol–water partition coefficient (Wildman–Crippen LogP) is 3.51. The highest BCUT2D eigenvalue weighted by atomic mass is 16.4. The summed E-state index contributed by atoms with van der Waals surface area (Å²) in [6.45, 7) is 0. The van der Waals surface area contributed by atoms with Crippen molar-refractivity contribution in [1.29, 1.82) is 0 Å². The Balaban J connectivity index is 0.000000181. The fourth-order valence-corrected chi connectivity index (χ4v) is 2.53. The summed E-state index contributed by atoms with van der Waals surface area (Å²) in [6, 6.07) is 18.7. The number of hydrogen-bond donors (Lipinski definition) is 2. The minimum atomic E-state index is -0.875. The molecule has 32 heavy (non-hydrogen) atoms. The molecule has 10 heteroatoms. The molecule has 0 saturated carbocycles. The van der Waals surface area contributed by atoms with Crippen LogP contribution < -0.4 is 0 Å². The van der Waals surface area contributed by atoms with Crippen molar-refractivity contribution in [3.05, 3.63) is 72.4 Å². The van der Waals surface area contributed by atoms with Gasteiger partial charge < -0.3 is 19.0 Å². The van der Waals surface area contributed by atoms with Gasteiger partial charge in [-0.15, -0.1) is 20.4 Å². The highest BCUT2D eigenvalue weighted by Crippen LogP contribution is 2.18. The van der Waals surface area contributed by atoms with Crippen molar-refractivity contribution >= 4 is 11.9 Å². The normalized spacial score (nSPS) is 10.2. The van der Waals surface area contributed by atoms with Crippen LogP contribution in [0.5, 0.6) is 0 Å². The maximum atomic E-state index is 10.4. The molecule has 0 bridgehead atoms. The predicted molar refractivity (Wildman–Crippen MR) is 111 cm³/mol. The van der Waals surface area contributed by atoms with E-state index in [1.54, 1.807) is 0 Å². The molecule has 0 radical (unpaired) electrons. The van der Waals surface area contributed by atoms with Gasteiger partial charge in [0.15, 0.2) is 0 Å². The van der Waals surface area contributed by atoms with Crippen molar-refractivity contribution in [3.8, 4) is 22.9 Å². The van der Waals surface area contributed by atoms with Gasteiger partial charge in [0.1, 0.15) is 0 Å². The van der Waals surface area contributed by atoms with Crippen molar-refractivity contribution < 1.29 is 28.6 Å². The molecule has 10 nitrogen and oxygen atoms in total. The fraction of sp³-hybridized carbons (Fsp3) is 0.182. The van der Waals surface area contributed by atoms with Gasteiger partial charge in [-0.1, -0.05) is 36.4 Å². The molecule has 0 atom stereocenters. The van der Waals surface area contributed by atoms with Gasteiger partial charge in [0.2, 0.25) is 23.6 Å². The first-order valence-corrected chi connectivity index (χ1v) is 9.70. The van der Waals surface area contributed by atoms with Gasteiger partial charge in [-0.2, -0.15) is 0 Å². The molecule has 0 aliphatic carbocycles. The summed E-state index contributed by atoms with van der Waals surface area (Å²) in [4.78, 5) is 20.7. The van der Waals surface area contributed by atoms with Gasteiger partial charge in [-0.05, 0) is 24.3 Å². The van der Waals surface area contributed by atoms with E-state index >= 15 is 0 Å². The van der Waals surface area contributed by atoms with E-state index in [0.29, 0.717) is 23.6 Å². The number of nitrogens with zero attached hydrogens (tertiary/aromatic N) is 4. The van der Waals surface area contributed by atoms with E-state index in [-0.39, 0.29) is 25.7 Å². The van der Waals surface area contributed by atoms with E-state index in [2.05, 4.69) is 20.4 Å².